The van der Waals surface area contributed by atoms with Gasteiger partial charge in [-0.05, 0) is 140 Å². The molecule has 13 aromatic rings. The Bertz CT molecular complexity index is 4010. The molecule has 0 aliphatic heterocycles. The maximum atomic E-state index is 5.21. The average Bonchev–Trinajstić information content (AvgIpc) is 3.37. The monoisotopic (exact) mass is 809 g/mol. The first-order chi connectivity index (χ1) is 31.7. The van der Waals surface area contributed by atoms with Crippen LogP contribution in [0.5, 0.6) is 0 Å². The van der Waals surface area contributed by atoms with Gasteiger partial charge in [0.25, 0.3) is 0 Å². The molecule has 64 heavy (non-hydrogen) atoms. The molecule has 0 aliphatic rings. The van der Waals surface area contributed by atoms with Crippen molar-refractivity contribution in [1.82, 2.24) is 4.98 Å². The predicted octanol–water partition coefficient (Wildman–Crippen LogP) is 17.5. The van der Waals surface area contributed by atoms with Gasteiger partial charge in [-0.15, -0.1) is 0 Å². The molecule has 1 heterocycles. The van der Waals surface area contributed by atoms with Crippen LogP contribution in [0.4, 0.5) is 0 Å². The molecule has 0 aliphatic carbocycles. The first-order valence-electron chi connectivity index (χ1n) is 22.1. The summed E-state index contributed by atoms with van der Waals surface area (Å²) < 4.78 is 0. The summed E-state index contributed by atoms with van der Waals surface area (Å²) in [5, 5.41) is 15.9. The minimum atomic E-state index is 0.974. The Labute approximate surface area is 371 Å². The van der Waals surface area contributed by atoms with Gasteiger partial charge in [0.2, 0.25) is 0 Å². The van der Waals surface area contributed by atoms with E-state index in [1.807, 2.05) is 0 Å². The molecule has 0 unspecified atom stereocenters. The van der Waals surface area contributed by atoms with Gasteiger partial charge in [-0.2, -0.15) is 0 Å². The first kappa shape index (κ1) is 36.3. The predicted molar refractivity (Wildman–Crippen MR) is 274 cm³/mol. The Morgan fingerprint density at radius 2 is 0.578 bits per heavy atom. The van der Waals surface area contributed by atoms with Crippen LogP contribution in [0.3, 0.4) is 0 Å². The molecule has 0 N–H and O–H groups in total. The third-order valence-electron chi connectivity index (χ3n) is 13.4. The highest BCUT2D eigenvalue weighted by atomic mass is 14.7. The van der Waals surface area contributed by atoms with Gasteiger partial charge in [-0.25, -0.2) is 4.98 Å². The van der Waals surface area contributed by atoms with Crippen LogP contribution in [0.1, 0.15) is 0 Å². The van der Waals surface area contributed by atoms with Crippen molar-refractivity contribution in [2.75, 3.05) is 0 Å². The molecule has 1 nitrogen and oxygen atoms in total. The van der Waals surface area contributed by atoms with Gasteiger partial charge >= 0.3 is 0 Å². The molecule has 12 aromatic carbocycles. The fourth-order valence-electron chi connectivity index (χ4n) is 10.1. The van der Waals surface area contributed by atoms with Crippen molar-refractivity contribution in [3.63, 3.8) is 0 Å². The molecule has 0 radical (unpaired) electrons. The van der Waals surface area contributed by atoms with Crippen LogP contribution in [0.2, 0.25) is 0 Å². The van der Waals surface area contributed by atoms with Gasteiger partial charge in [0.15, 0.2) is 0 Å². The Morgan fingerprint density at radius 3 is 1.16 bits per heavy atom. The Kier molecular flexibility index (Phi) is 8.29. The zero-order valence-electron chi connectivity index (χ0n) is 35.0. The number of aromatic nitrogens is 1. The van der Waals surface area contributed by atoms with E-state index >= 15 is 0 Å². The summed E-state index contributed by atoms with van der Waals surface area (Å²) in [7, 11) is 0. The van der Waals surface area contributed by atoms with Crippen LogP contribution >= 0.6 is 0 Å². The molecule has 296 valence electrons. The van der Waals surface area contributed by atoms with Gasteiger partial charge in [-0.1, -0.05) is 200 Å². The minimum Gasteiger partial charge on any atom is -0.247 e. The maximum Gasteiger partial charge on any atom is 0.0787 e. The molecule has 0 fully saturated rings. The Hall–Kier alpha value is -8.39. The SMILES string of the molecule is c1ccc2cc(-c3ccc4c(-c5ccc6ccccc6c5)c5cc(-c6ccc(-c7ccc8ccc9ccccc9c8n7)cc6)ccc5c(-c5ccc6ccccc6c5)c4c3)ccc2c1. The second-order valence-electron chi connectivity index (χ2n) is 17.1. The number of benzene rings is 12. The van der Waals surface area contributed by atoms with Crippen molar-refractivity contribution >= 4 is 75.5 Å². The fraction of sp³-hybridized carbons (Fsp3) is 0. The van der Waals surface area contributed by atoms with E-state index in [2.05, 4.69) is 237 Å². The summed E-state index contributed by atoms with van der Waals surface area (Å²) in [6.45, 7) is 0. The molecule has 0 spiro atoms. The number of nitrogens with zero attached hydrogens (tertiary/aromatic N) is 1. The topological polar surface area (TPSA) is 12.9 Å². The van der Waals surface area contributed by atoms with E-state index in [4.69, 9.17) is 4.98 Å². The zero-order valence-corrected chi connectivity index (χ0v) is 35.0. The van der Waals surface area contributed by atoms with Crippen molar-refractivity contribution in [3.05, 3.63) is 237 Å². The molecular formula is C63H39N. The van der Waals surface area contributed by atoms with Gasteiger partial charge in [0, 0.05) is 16.3 Å². The van der Waals surface area contributed by atoms with E-state index < -0.39 is 0 Å². The lowest BCUT2D eigenvalue weighted by atomic mass is 9.83. The lowest BCUT2D eigenvalue weighted by molar-refractivity contribution is 1.41. The number of pyridine rings is 1. The first-order valence-corrected chi connectivity index (χ1v) is 22.1. The third kappa shape index (κ3) is 6.05. The molecule has 1 heteroatoms. The largest absolute Gasteiger partial charge is 0.247 e. The van der Waals surface area contributed by atoms with Crippen LogP contribution in [0.25, 0.3) is 131 Å². The van der Waals surface area contributed by atoms with E-state index in [0.29, 0.717) is 0 Å². The van der Waals surface area contributed by atoms with Gasteiger partial charge < -0.3 is 0 Å². The molecular weight excluding hydrogens is 771 g/mol. The Morgan fingerprint density at radius 1 is 0.203 bits per heavy atom. The summed E-state index contributed by atoms with van der Waals surface area (Å²) in [6.07, 6.45) is 0. The molecule has 0 atom stereocenters. The lowest BCUT2D eigenvalue weighted by Crippen LogP contribution is -1.93. The molecule has 0 saturated carbocycles. The van der Waals surface area contributed by atoms with Crippen LogP contribution < -0.4 is 0 Å². The van der Waals surface area contributed by atoms with E-state index in [-0.39, 0.29) is 0 Å². The van der Waals surface area contributed by atoms with E-state index in [9.17, 15) is 0 Å². The van der Waals surface area contributed by atoms with Gasteiger partial charge in [-0.3, -0.25) is 0 Å². The highest BCUT2D eigenvalue weighted by Gasteiger charge is 2.20. The highest BCUT2D eigenvalue weighted by molar-refractivity contribution is 6.23. The molecule has 1 aromatic heterocycles. The second-order valence-corrected chi connectivity index (χ2v) is 17.1. The number of fused-ring (bicyclic) bond motifs is 8. The number of rotatable bonds is 5. The molecule has 0 bridgehead atoms. The number of hydrogen-bond acceptors (Lipinski definition) is 1. The van der Waals surface area contributed by atoms with Crippen molar-refractivity contribution in [3.8, 4) is 55.8 Å². The smallest absolute Gasteiger partial charge is 0.0787 e. The molecule has 13 rings (SSSR count). The second kappa shape index (κ2) is 14.6. The van der Waals surface area contributed by atoms with Crippen LogP contribution in [0.15, 0.2) is 237 Å². The molecule has 0 saturated heterocycles. The summed E-state index contributed by atoms with van der Waals surface area (Å²) in [4.78, 5) is 5.21. The normalized spacial score (nSPS) is 11.8. The van der Waals surface area contributed by atoms with E-state index in [1.54, 1.807) is 0 Å². The Balaban J connectivity index is 1.04. The van der Waals surface area contributed by atoms with Crippen LogP contribution in [-0.4, -0.2) is 4.98 Å². The van der Waals surface area contributed by atoms with Gasteiger partial charge in [0.1, 0.15) is 0 Å². The molecule has 0 amide bonds. The highest BCUT2D eigenvalue weighted by Crippen LogP contribution is 2.47. The zero-order chi connectivity index (χ0) is 42.1. The maximum absolute atomic E-state index is 5.21. The van der Waals surface area contributed by atoms with Crippen molar-refractivity contribution in [2.45, 2.75) is 0 Å². The number of hydrogen-bond donors (Lipinski definition) is 0. The van der Waals surface area contributed by atoms with E-state index in [0.717, 1.165) is 22.2 Å². The summed E-state index contributed by atoms with van der Waals surface area (Å²) in [6, 6.07) is 87.1. The average molecular weight is 810 g/mol. The van der Waals surface area contributed by atoms with Crippen molar-refractivity contribution < 1.29 is 0 Å². The fourth-order valence-corrected chi connectivity index (χ4v) is 10.1. The summed E-state index contributed by atoms with van der Waals surface area (Å²) in [5.74, 6) is 0. The third-order valence-corrected chi connectivity index (χ3v) is 13.4. The van der Waals surface area contributed by atoms with Crippen molar-refractivity contribution in [1.29, 1.82) is 0 Å². The quantitative estimate of drug-likeness (QED) is 0.125. The van der Waals surface area contributed by atoms with Gasteiger partial charge in [0.05, 0.1) is 11.2 Å². The standard InChI is InChI=1S/C63H39N/c1-4-13-47-35-50(26-19-40(47)9-1)52-30-33-57-59(39-52)62(54-28-21-42-11-3-6-15-49(42)37-54)56-32-29-51(38-58(56)61(57)53-27-20-41-10-2-5-14-48(41)36-53)43-17-23-45(24-18-43)60-34-31-46-25-22-44-12-7-8-16-55(44)63(46)64-60/h1-39H. The lowest BCUT2D eigenvalue weighted by Gasteiger charge is -2.20. The van der Waals surface area contributed by atoms with Crippen molar-refractivity contribution in [2.24, 2.45) is 0 Å². The van der Waals surface area contributed by atoms with Crippen LogP contribution in [0, 0.1) is 0 Å². The van der Waals surface area contributed by atoms with E-state index in [1.165, 1.54) is 109 Å². The van der Waals surface area contributed by atoms with Crippen LogP contribution in [-0.2, 0) is 0 Å². The minimum absolute atomic E-state index is 0.974. The summed E-state index contributed by atoms with van der Waals surface area (Å²) in [5.41, 5.74) is 12.8. The summed E-state index contributed by atoms with van der Waals surface area (Å²) >= 11 is 0.